The first kappa shape index (κ1) is 13.2. The molecule has 3 N–H and O–H groups in total. The van der Waals surface area contributed by atoms with Crippen molar-refractivity contribution in [3.05, 3.63) is 46.9 Å². The molecule has 0 aliphatic rings. The second-order valence-electron chi connectivity index (χ2n) is 4.91. The summed E-state index contributed by atoms with van der Waals surface area (Å²) in [5, 5.41) is 7.77. The van der Waals surface area contributed by atoms with Gasteiger partial charge in [-0.2, -0.15) is 5.10 Å². The van der Waals surface area contributed by atoms with Crippen LogP contribution in [-0.2, 0) is 0 Å². The van der Waals surface area contributed by atoms with E-state index in [0.717, 1.165) is 5.39 Å². The maximum absolute atomic E-state index is 13.6. The van der Waals surface area contributed by atoms with Crippen molar-refractivity contribution in [1.29, 1.82) is 0 Å². The molecular weight excluding hydrogens is 271 g/mol. The number of fused-ring (bicyclic) bond motifs is 1. The van der Waals surface area contributed by atoms with Crippen molar-refractivity contribution in [3.63, 3.8) is 0 Å². The molecule has 3 aromatic rings. The van der Waals surface area contributed by atoms with E-state index in [1.165, 1.54) is 6.07 Å². The van der Waals surface area contributed by atoms with Crippen molar-refractivity contribution < 1.29 is 9.18 Å². The number of nitrogens with one attached hydrogen (secondary N) is 1. The fraction of sp³-hybridized carbons (Fsp3) is 0.133. The van der Waals surface area contributed by atoms with Crippen molar-refractivity contribution in [3.8, 4) is 11.4 Å². The van der Waals surface area contributed by atoms with Crippen molar-refractivity contribution in [2.24, 2.45) is 5.73 Å². The lowest BCUT2D eigenvalue weighted by Gasteiger charge is -2.04. The molecule has 0 saturated heterocycles. The van der Waals surface area contributed by atoms with Crippen LogP contribution in [0.15, 0.2) is 24.3 Å². The van der Waals surface area contributed by atoms with Gasteiger partial charge in [0.1, 0.15) is 11.5 Å². The third kappa shape index (κ3) is 2.14. The normalized spacial score (nSPS) is 11.0. The minimum absolute atomic E-state index is 0.286. The number of aryl methyl sites for hydroxylation is 2. The lowest BCUT2D eigenvalue weighted by Crippen LogP contribution is -2.13. The van der Waals surface area contributed by atoms with Crippen molar-refractivity contribution in [2.45, 2.75) is 13.8 Å². The van der Waals surface area contributed by atoms with Crippen LogP contribution in [0, 0.1) is 19.7 Å². The lowest BCUT2D eigenvalue weighted by atomic mass is 10.1. The summed E-state index contributed by atoms with van der Waals surface area (Å²) >= 11 is 0. The van der Waals surface area contributed by atoms with E-state index in [9.17, 15) is 9.18 Å². The molecule has 3 rings (SSSR count). The predicted octanol–water partition coefficient (Wildman–Crippen LogP) is 2.48. The van der Waals surface area contributed by atoms with E-state index < -0.39 is 5.91 Å². The zero-order valence-electron chi connectivity index (χ0n) is 11.6. The van der Waals surface area contributed by atoms with Crippen molar-refractivity contribution in [1.82, 2.24) is 15.2 Å². The molecule has 0 saturated carbocycles. The highest BCUT2D eigenvalue weighted by molar-refractivity contribution is 5.95. The summed E-state index contributed by atoms with van der Waals surface area (Å²) in [7, 11) is 0. The average Bonchev–Trinajstić information content (AvgIpc) is 2.81. The van der Waals surface area contributed by atoms with E-state index in [2.05, 4.69) is 15.2 Å². The summed E-state index contributed by atoms with van der Waals surface area (Å²) in [4.78, 5) is 15.6. The topological polar surface area (TPSA) is 84.7 Å². The Labute approximate surface area is 120 Å². The van der Waals surface area contributed by atoms with E-state index in [4.69, 9.17) is 5.73 Å². The van der Waals surface area contributed by atoms with Gasteiger partial charge in [0.25, 0.3) is 5.91 Å². The van der Waals surface area contributed by atoms with Crippen LogP contribution in [0.4, 0.5) is 4.39 Å². The number of aromatic amines is 1. The highest BCUT2D eigenvalue weighted by Crippen LogP contribution is 2.27. The molecule has 106 valence electrons. The Morgan fingerprint density at radius 3 is 2.71 bits per heavy atom. The number of rotatable bonds is 2. The standard InChI is InChI=1S/C15H13FN4O/c1-7-5-10-13(6-11(7)16)19-20-14(10)12-4-3-9(15(17)21)8(2)18-12/h3-6H,1-2H3,(H2,17,21)(H,19,20). The molecule has 21 heavy (non-hydrogen) atoms. The van der Waals surface area contributed by atoms with E-state index in [0.29, 0.717) is 33.7 Å². The molecular formula is C15H13FN4O. The van der Waals surface area contributed by atoms with Crippen LogP contribution in [0.3, 0.4) is 0 Å². The number of nitrogens with two attached hydrogens (primary N) is 1. The molecule has 0 aliphatic heterocycles. The van der Waals surface area contributed by atoms with Crippen LogP contribution in [-0.4, -0.2) is 21.1 Å². The largest absolute Gasteiger partial charge is 0.366 e. The number of halogens is 1. The molecule has 0 fully saturated rings. The molecule has 0 bridgehead atoms. The van der Waals surface area contributed by atoms with E-state index in [1.807, 2.05) is 0 Å². The molecule has 2 heterocycles. The number of carbonyl (C=O) groups is 1. The third-order valence-electron chi connectivity index (χ3n) is 3.44. The summed E-state index contributed by atoms with van der Waals surface area (Å²) in [6.45, 7) is 3.41. The Kier molecular flexibility index (Phi) is 2.94. The van der Waals surface area contributed by atoms with Gasteiger partial charge in [-0.3, -0.25) is 14.9 Å². The fourth-order valence-electron chi connectivity index (χ4n) is 2.29. The second kappa shape index (κ2) is 4.66. The lowest BCUT2D eigenvalue weighted by molar-refractivity contribution is 0.0999. The minimum atomic E-state index is -0.517. The second-order valence-corrected chi connectivity index (χ2v) is 4.91. The molecule has 2 aromatic heterocycles. The summed E-state index contributed by atoms with van der Waals surface area (Å²) in [5.41, 5.74) is 8.55. The SMILES string of the molecule is Cc1cc2c(-c3ccc(C(N)=O)c(C)n3)n[nH]c2cc1F. The van der Waals surface area contributed by atoms with Gasteiger partial charge >= 0.3 is 0 Å². The number of aromatic nitrogens is 3. The van der Waals surface area contributed by atoms with Crippen LogP contribution >= 0.6 is 0 Å². The van der Waals surface area contributed by atoms with E-state index in [1.54, 1.807) is 32.0 Å². The van der Waals surface area contributed by atoms with Gasteiger partial charge in [-0.25, -0.2) is 4.39 Å². The van der Waals surface area contributed by atoms with Gasteiger partial charge in [0.05, 0.1) is 22.5 Å². The van der Waals surface area contributed by atoms with Crippen LogP contribution in [0.25, 0.3) is 22.3 Å². The number of hydrogen-bond donors (Lipinski definition) is 2. The van der Waals surface area contributed by atoms with E-state index in [-0.39, 0.29) is 5.82 Å². The molecule has 0 spiro atoms. The smallest absolute Gasteiger partial charge is 0.250 e. The summed E-state index contributed by atoms with van der Waals surface area (Å²) < 4.78 is 13.6. The third-order valence-corrected chi connectivity index (χ3v) is 3.44. The summed E-state index contributed by atoms with van der Waals surface area (Å²) in [6, 6.07) is 6.44. The van der Waals surface area contributed by atoms with Crippen LogP contribution in [0.5, 0.6) is 0 Å². The van der Waals surface area contributed by atoms with Gasteiger partial charge in [-0.05, 0) is 43.7 Å². The minimum Gasteiger partial charge on any atom is -0.366 e. The molecule has 0 aliphatic carbocycles. The van der Waals surface area contributed by atoms with Crippen molar-refractivity contribution >= 4 is 16.8 Å². The zero-order valence-corrected chi connectivity index (χ0v) is 11.6. The maximum atomic E-state index is 13.6. The first-order valence-corrected chi connectivity index (χ1v) is 6.39. The van der Waals surface area contributed by atoms with Gasteiger partial charge in [0, 0.05) is 5.39 Å². The number of primary amides is 1. The first-order chi connectivity index (χ1) is 9.97. The number of H-pyrrole nitrogens is 1. The van der Waals surface area contributed by atoms with E-state index >= 15 is 0 Å². The monoisotopic (exact) mass is 284 g/mol. The summed E-state index contributed by atoms with van der Waals surface area (Å²) in [5.74, 6) is -0.803. The zero-order chi connectivity index (χ0) is 15.1. The van der Waals surface area contributed by atoms with Crippen LogP contribution in [0.1, 0.15) is 21.6 Å². The highest BCUT2D eigenvalue weighted by Gasteiger charge is 2.14. The number of amides is 1. The molecule has 6 heteroatoms. The number of nitrogens with zero attached hydrogens (tertiary/aromatic N) is 2. The van der Waals surface area contributed by atoms with Gasteiger partial charge in [-0.1, -0.05) is 0 Å². The quantitative estimate of drug-likeness (QED) is 0.758. The Hall–Kier alpha value is -2.76. The molecule has 0 atom stereocenters. The molecule has 0 unspecified atom stereocenters. The van der Waals surface area contributed by atoms with Gasteiger partial charge in [0.15, 0.2) is 0 Å². The molecule has 1 aromatic carbocycles. The van der Waals surface area contributed by atoms with Gasteiger partial charge < -0.3 is 5.73 Å². The first-order valence-electron chi connectivity index (χ1n) is 6.39. The van der Waals surface area contributed by atoms with Gasteiger partial charge in [0.2, 0.25) is 0 Å². The average molecular weight is 284 g/mol. The maximum Gasteiger partial charge on any atom is 0.250 e. The van der Waals surface area contributed by atoms with Crippen LogP contribution in [0.2, 0.25) is 0 Å². The Morgan fingerprint density at radius 1 is 1.29 bits per heavy atom. The molecule has 1 amide bonds. The molecule has 0 radical (unpaired) electrons. The number of pyridine rings is 1. The Morgan fingerprint density at radius 2 is 2.05 bits per heavy atom. The number of carbonyl (C=O) groups excluding carboxylic acids is 1. The van der Waals surface area contributed by atoms with Crippen molar-refractivity contribution in [2.75, 3.05) is 0 Å². The highest BCUT2D eigenvalue weighted by atomic mass is 19.1. The molecule has 5 nitrogen and oxygen atoms in total. The summed E-state index contributed by atoms with van der Waals surface area (Å²) in [6.07, 6.45) is 0. The number of hydrogen-bond acceptors (Lipinski definition) is 3. The Balaban J connectivity index is 2.19. The number of benzene rings is 1. The fourth-order valence-corrected chi connectivity index (χ4v) is 2.29. The van der Waals surface area contributed by atoms with Crippen LogP contribution < -0.4 is 5.73 Å². The Bertz CT molecular complexity index is 869. The predicted molar refractivity (Wildman–Crippen MR) is 77.3 cm³/mol. The van der Waals surface area contributed by atoms with Gasteiger partial charge in [-0.15, -0.1) is 0 Å².